The summed E-state index contributed by atoms with van der Waals surface area (Å²) in [5.41, 5.74) is 2.55. The Balaban J connectivity index is 2.82. The van der Waals surface area contributed by atoms with Gasteiger partial charge in [0, 0.05) is 20.3 Å². The number of rotatable bonds is 8. The molecule has 1 N–H and O–H groups in total. The van der Waals surface area contributed by atoms with Crippen LogP contribution in [0.2, 0.25) is 0 Å². The second-order valence-electron chi connectivity index (χ2n) is 5.23. The lowest BCUT2D eigenvalue weighted by molar-refractivity contribution is -0.119. The summed E-state index contributed by atoms with van der Waals surface area (Å²) in [6.45, 7) is 4.63. The Kier molecular flexibility index (Phi) is 6.83. The highest BCUT2D eigenvalue weighted by atomic mass is 32.2. The molecule has 0 fully saturated rings. The number of carbonyl (C=O) groups is 1. The number of hydrogen-bond donors (Lipinski definition) is 1. The molecule has 22 heavy (non-hydrogen) atoms. The van der Waals surface area contributed by atoms with Gasteiger partial charge in [0.1, 0.15) is 6.54 Å². The lowest BCUT2D eigenvalue weighted by Crippen LogP contribution is -2.40. The summed E-state index contributed by atoms with van der Waals surface area (Å²) in [5.74, 6) is -0.334. The number of nitrogens with zero attached hydrogens (tertiary/aromatic N) is 1. The number of nitrogens with one attached hydrogen (secondary N) is 1. The van der Waals surface area contributed by atoms with Gasteiger partial charge in [0.15, 0.2) is 0 Å². The van der Waals surface area contributed by atoms with Crippen molar-refractivity contribution in [1.82, 2.24) is 5.32 Å². The summed E-state index contributed by atoms with van der Waals surface area (Å²) in [5, 5.41) is 2.69. The second kappa shape index (κ2) is 8.14. The molecule has 0 saturated heterocycles. The summed E-state index contributed by atoms with van der Waals surface area (Å²) >= 11 is 0. The molecule has 0 aliphatic heterocycles. The van der Waals surface area contributed by atoms with Crippen molar-refractivity contribution >= 4 is 21.6 Å². The van der Waals surface area contributed by atoms with Gasteiger partial charge < -0.3 is 10.1 Å². The number of methoxy groups -OCH3 is 1. The van der Waals surface area contributed by atoms with Gasteiger partial charge in [-0.1, -0.05) is 6.07 Å². The average Bonchev–Trinajstić information content (AvgIpc) is 2.43. The first kappa shape index (κ1) is 18.4. The first-order valence-electron chi connectivity index (χ1n) is 7.06. The molecule has 124 valence electrons. The molecule has 0 atom stereocenters. The number of sulfonamides is 1. The van der Waals surface area contributed by atoms with E-state index in [9.17, 15) is 13.2 Å². The number of hydrogen-bond acceptors (Lipinski definition) is 4. The third kappa shape index (κ3) is 5.65. The lowest BCUT2D eigenvalue weighted by atomic mass is 10.1. The topological polar surface area (TPSA) is 75.7 Å². The molecule has 1 amide bonds. The van der Waals surface area contributed by atoms with Crippen LogP contribution in [0.15, 0.2) is 18.2 Å². The van der Waals surface area contributed by atoms with Crippen LogP contribution < -0.4 is 9.62 Å². The molecule has 0 aromatic heterocycles. The van der Waals surface area contributed by atoms with Gasteiger partial charge in [-0.3, -0.25) is 9.10 Å². The molecule has 0 bridgehead atoms. The Labute approximate surface area is 132 Å². The van der Waals surface area contributed by atoms with Gasteiger partial charge in [0.05, 0.1) is 11.9 Å². The Bertz CT molecular complexity index is 614. The smallest absolute Gasteiger partial charge is 0.240 e. The fraction of sp³-hybridized carbons (Fsp3) is 0.533. The fourth-order valence-electron chi connectivity index (χ4n) is 1.91. The molecule has 1 aromatic rings. The third-order valence-electron chi connectivity index (χ3n) is 3.31. The normalized spacial score (nSPS) is 11.3. The van der Waals surface area contributed by atoms with E-state index in [2.05, 4.69) is 5.32 Å². The molecule has 7 heteroatoms. The van der Waals surface area contributed by atoms with Gasteiger partial charge in [-0.25, -0.2) is 8.42 Å². The van der Waals surface area contributed by atoms with Crippen molar-refractivity contribution in [2.75, 3.05) is 37.4 Å². The highest BCUT2D eigenvalue weighted by molar-refractivity contribution is 7.92. The van der Waals surface area contributed by atoms with Crippen LogP contribution in [0.3, 0.4) is 0 Å². The van der Waals surface area contributed by atoms with Crippen molar-refractivity contribution in [2.45, 2.75) is 20.3 Å². The zero-order chi connectivity index (χ0) is 16.8. The SMILES string of the molecule is COCCCNC(=O)CN(c1ccc(C)c(C)c1)S(C)(=O)=O. The highest BCUT2D eigenvalue weighted by Crippen LogP contribution is 2.20. The maximum atomic E-state index is 12.0. The summed E-state index contributed by atoms with van der Waals surface area (Å²) < 4.78 is 29.9. The van der Waals surface area contributed by atoms with Gasteiger partial charge in [0.25, 0.3) is 0 Å². The number of amides is 1. The largest absolute Gasteiger partial charge is 0.385 e. The van der Waals surface area contributed by atoms with Gasteiger partial charge in [-0.15, -0.1) is 0 Å². The van der Waals surface area contributed by atoms with Gasteiger partial charge in [-0.2, -0.15) is 0 Å². The van der Waals surface area contributed by atoms with E-state index in [4.69, 9.17) is 4.74 Å². The van der Waals surface area contributed by atoms with Crippen LogP contribution in [0.1, 0.15) is 17.5 Å². The number of anilines is 1. The van der Waals surface area contributed by atoms with Crippen LogP contribution in [0, 0.1) is 13.8 Å². The van der Waals surface area contributed by atoms with E-state index in [1.807, 2.05) is 19.9 Å². The van der Waals surface area contributed by atoms with Crippen LogP contribution in [0.5, 0.6) is 0 Å². The molecule has 1 rings (SSSR count). The molecule has 0 spiro atoms. The Morgan fingerprint density at radius 2 is 1.95 bits per heavy atom. The molecule has 0 saturated carbocycles. The summed E-state index contributed by atoms with van der Waals surface area (Å²) in [4.78, 5) is 11.9. The van der Waals surface area contributed by atoms with Gasteiger partial charge >= 0.3 is 0 Å². The molecule has 1 aromatic carbocycles. The molecular weight excluding hydrogens is 304 g/mol. The quantitative estimate of drug-likeness (QED) is 0.728. The minimum atomic E-state index is -3.53. The molecule has 0 aliphatic carbocycles. The number of carbonyl (C=O) groups excluding carboxylic acids is 1. The molecule has 6 nitrogen and oxygen atoms in total. The van der Waals surface area contributed by atoms with Gasteiger partial charge in [-0.05, 0) is 43.5 Å². The van der Waals surface area contributed by atoms with Crippen LogP contribution in [-0.4, -0.2) is 47.4 Å². The second-order valence-corrected chi connectivity index (χ2v) is 7.14. The van der Waals surface area contributed by atoms with Crippen molar-refractivity contribution in [3.05, 3.63) is 29.3 Å². The van der Waals surface area contributed by atoms with Crippen molar-refractivity contribution in [3.8, 4) is 0 Å². The minimum absolute atomic E-state index is 0.228. The summed E-state index contributed by atoms with van der Waals surface area (Å²) in [6, 6.07) is 5.33. The van der Waals surface area contributed by atoms with Crippen molar-refractivity contribution in [2.24, 2.45) is 0 Å². The van der Waals surface area contributed by atoms with E-state index >= 15 is 0 Å². The summed E-state index contributed by atoms with van der Waals surface area (Å²) in [7, 11) is -1.94. The molecule has 0 heterocycles. The van der Waals surface area contributed by atoms with Crippen LogP contribution in [0.25, 0.3) is 0 Å². The lowest BCUT2D eigenvalue weighted by Gasteiger charge is -2.22. The predicted octanol–water partition coefficient (Wildman–Crippen LogP) is 1.22. The Morgan fingerprint density at radius 1 is 1.27 bits per heavy atom. The Hall–Kier alpha value is -1.60. The fourth-order valence-corrected chi connectivity index (χ4v) is 2.76. The standard InChI is InChI=1S/C15H24N2O4S/c1-12-6-7-14(10-13(12)2)17(22(4,19)20)11-15(18)16-8-5-9-21-3/h6-7,10H,5,8-9,11H2,1-4H3,(H,16,18). The van der Waals surface area contributed by atoms with Crippen LogP contribution >= 0.6 is 0 Å². The third-order valence-corrected chi connectivity index (χ3v) is 4.45. The molecular formula is C15H24N2O4S. The van der Waals surface area contributed by atoms with E-state index in [0.29, 0.717) is 25.3 Å². The molecule has 0 unspecified atom stereocenters. The monoisotopic (exact) mass is 328 g/mol. The first-order chi connectivity index (χ1) is 10.3. The van der Waals surface area contributed by atoms with E-state index in [1.54, 1.807) is 19.2 Å². The average molecular weight is 328 g/mol. The maximum absolute atomic E-state index is 12.0. The van der Waals surface area contributed by atoms with Crippen LogP contribution in [-0.2, 0) is 19.6 Å². The number of ether oxygens (including phenoxy) is 1. The van der Waals surface area contributed by atoms with Crippen molar-refractivity contribution in [3.63, 3.8) is 0 Å². The van der Waals surface area contributed by atoms with Crippen molar-refractivity contribution < 1.29 is 17.9 Å². The molecule has 0 aliphatic rings. The van der Waals surface area contributed by atoms with Crippen LogP contribution in [0.4, 0.5) is 5.69 Å². The van der Waals surface area contributed by atoms with E-state index in [1.165, 1.54) is 0 Å². The molecule has 0 radical (unpaired) electrons. The van der Waals surface area contributed by atoms with E-state index in [-0.39, 0.29) is 12.5 Å². The van der Waals surface area contributed by atoms with E-state index in [0.717, 1.165) is 21.7 Å². The maximum Gasteiger partial charge on any atom is 0.240 e. The van der Waals surface area contributed by atoms with E-state index < -0.39 is 10.0 Å². The van der Waals surface area contributed by atoms with Crippen molar-refractivity contribution in [1.29, 1.82) is 0 Å². The zero-order valence-electron chi connectivity index (χ0n) is 13.5. The minimum Gasteiger partial charge on any atom is -0.385 e. The Morgan fingerprint density at radius 3 is 2.50 bits per heavy atom. The predicted molar refractivity (Wildman–Crippen MR) is 87.6 cm³/mol. The number of benzene rings is 1. The zero-order valence-corrected chi connectivity index (χ0v) is 14.4. The highest BCUT2D eigenvalue weighted by Gasteiger charge is 2.20. The first-order valence-corrected chi connectivity index (χ1v) is 8.91. The summed E-state index contributed by atoms with van der Waals surface area (Å²) in [6.07, 6.45) is 1.78. The van der Waals surface area contributed by atoms with Gasteiger partial charge in [0.2, 0.25) is 15.9 Å². The number of aryl methyl sites for hydroxylation is 2.